The molecule has 0 bridgehead atoms. The standard InChI is InChI=1S/C20H17BrN2O4/c1-3-27-20(25)16-11-22-17-8-7-12(19(24)26-2)9-15(17)18(16)23-14-6-4-5-13(21)10-14/h4-11H,3H2,1-2H3,(H,22,23). The molecule has 7 heteroatoms. The van der Waals surface area contributed by atoms with Crippen molar-refractivity contribution in [3.05, 3.63) is 64.3 Å². The molecule has 0 saturated heterocycles. The Kier molecular flexibility index (Phi) is 5.71. The summed E-state index contributed by atoms with van der Waals surface area (Å²) in [5, 5.41) is 3.87. The number of rotatable bonds is 5. The molecule has 27 heavy (non-hydrogen) atoms. The SMILES string of the molecule is CCOC(=O)c1cnc2ccc(C(=O)OC)cc2c1Nc1cccc(Br)c1. The minimum absolute atomic E-state index is 0.245. The molecule has 0 saturated carbocycles. The molecule has 1 heterocycles. The van der Waals surface area contributed by atoms with Gasteiger partial charge in [-0.25, -0.2) is 9.59 Å². The molecule has 2 aromatic carbocycles. The molecule has 0 unspecified atom stereocenters. The lowest BCUT2D eigenvalue weighted by Crippen LogP contribution is -2.10. The van der Waals surface area contributed by atoms with Crippen LogP contribution in [0.4, 0.5) is 11.4 Å². The number of hydrogen-bond acceptors (Lipinski definition) is 6. The summed E-state index contributed by atoms with van der Waals surface area (Å²) >= 11 is 3.43. The van der Waals surface area contributed by atoms with Crippen molar-refractivity contribution in [1.82, 2.24) is 4.98 Å². The number of nitrogens with one attached hydrogen (secondary N) is 1. The van der Waals surface area contributed by atoms with Crippen LogP contribution in [0.3, 0.4) is 0 Å². The Morgan fingerprint density at radius 1 is 1.15 bits per heavy atom. The fourth-order valence-electron chi connectivity index (χ4n) is 2.65. The molecule has 0 atom stereocenters. The van der Waals surface area contributed by atoms with Crippen LogP contribution in [0, 0.1) is 0 Å². The summed E-state index contributed by atoms with van der Waals surface area (Å²) in [7, 11) is 1.32. The average Bonchev–Trinajstić information content (AvgIpc) is 2.67. The van der Waals surface area contributed by atoms with Crippen molar-refractivity contribution in [3.8, 4) is 0 Å². The van der Waals surface area contributed by atoms with Gasteiger partial charge in [0.15, 0.2) is 0 Å². The van der Waals surface area contributed by atoms with E-state index in [-0.39, 0.29) is 12.2 Å². The Balaban J connectivity index is 2.20. The number of anilines is 2. The second-order valence-corrected chi connectivity index (χ2v) is 6.54. The third kappa shape index (κ3) is 4.09. The number of carbonyl (C=O) groups is 2. The maximum atomic E-state index is 12.4. The normalized spacial score (nSPS) is 10.5. The first-order chi connectivity index (χ1) is 13.0. The van der Waals surface area contributed by atoms with Crippen LogP contribution in [0.15, 0.2) is 53.1 Å². The first-order valence-corrected chi connectivity index (χ1v) is 9.03. The molecule has 138 valence electrons. The van der Waals surface area contributed by atoms with Gasteiger partial charge in [-0.2, -0.15) is 0 Å². The predicted octanol–water partition coefficient (Wildman–Crippen LogP) is 4.70. The van der Waals surface area contributed by atoms with Gasteiger partial charge in [-0.3, -0.25) is 4.98 Å². The van der Waals surface area contributed by atoms with Crippen LogP contribution in [-0.2, 0) is 9.47 Å². The molecule has 1 N–H and O–H groups in total. The van der Waals surface area contributed by atoms with Gasteiger partial charge < -0.3 is 14.8 Å². The summed E-state index contributed by atoms with van der Waals surface area (Å²) < 4.78 is 10.8. The summed E-state index contributed by atoms with van der Waals surface area (Å²) in [6, 6.07) is 12.5. The number of pyridine rings is 1. The highest BCUT2D eigenvalue weighted by Gasteiger charge is 2.18. The highest BCUT2D eigenvalue weighted by molar-refractivity contribution is 9.10. The van der Waals surface area contributed by atoms with Crippen LogP contribution in [0.1, 0.15) is 27.6 Å². The van der Waals surface area contributed by atoms with Crippen molar-refractivity contribution in [2.45, 2.75) is 6.92 Å². The van der Waals surface area contributed by atoms with Gasteiger partial charge in [0.05, 0.1) is 30.5 Å². The minimum Gasteiger partial charge on any atom is -0.465 e. The van der Waals surface area contributed by atoms with Crippen molar-refractivity contribution in [3.63, 3.8) is 0 Å². The summed E-state index contributed by atoms with van der Waals surface area (Å²) in [5.74, 6) is -0.959. The van der Waals surface area contributed by atoms with Gasteiger partial charge in [-0.1, -0.05) is 22.0 Å². The van der Waals surface area contributed by atoms with Crippen LogP contribution in [0.2, 0.25) is 0 Å². The Hall–Kier alpha value is -2.93. The average molecular weight is 429 g/mol. The second kappa shape index (κ2) is 8.18. The number of ether oxygens (including phenoxy) is 2. The summed E-state index contributed by atoms with van der Waals surface area (Å²) in [4.78, 5) is 28.7. The van der Waals surface area contributed by atoms with Crippen LogP contribution >= 0.6 is 15.9 Å². The summed E-state index contributed by atoms with van der Waals surface area (Å²) in [6.07, 6.45) is 1.47. The topological polar surface area (TPSA) is 77.5 Å². The van der Waals surface area contributed by atoms with Crippen LogP contribution in [0.25, 0.3) is 10.9 Å². The molecule has 0 radical (unpaired) electrons. The molecule has 0 spiro atoms. The molecule has 0 fully saturated rings. The van der Waals surface area contributed by atoms with Crippen LogP contribution in [-0.4, -0.2) is 30.6 Å². The van der Waals surface area contributed by atoms with E-state index in [0.29, 0.717) is 22.2 Å². The van der Waals surface area contributed by atoms with Crippen LogP contribution in [0.5, 0.6) is 0 Å². The molecule has 0 amide bonds. The predicted molar refractivity (Wildman–Crippen MR) is 106 cm³/mol. The van der Waals surface area contributed by atoms with E-state index in [4.69, 9.17) is 9.47 Å². The molecule has 1 aromatic heterocycles. The van der Waals surface area contributed by atoms with Gasteiger partial charge in [0.25, 0.3) is 0 Å². The quantitative estimate of drug-likeness (QED) is 0.593. The Labute approximate surface area is 164 Å². The third-order valence-electron chi connectivity index (χ3n) is 3.88. The van der Waals surface area contributed by atoms with Gasteiger partial charge in [0, 0.05) is 21.7 Å². The number of hydrogen-bond donors (Lipinski definition) is 1. The lowest BCUT2D eigenvalue weighted by Gasteiger charge is -2.15. The fourth-order valence-corrected chi connectivity index (χ4v) is 3.05. The van der Waals surface area contributed by atoms with Crippen molar-refractivity contribution >= 4 is 50.1 Å². The Morgan fingerprint density at radius 3 is 2.67 bits per heavy atom. The molecular formula is C20H17BrN2O4. The van der Waals surface area contributed by atoms with Gasteiger partial charge in [-0.05, 0) is 43.3 Å². The van der Waals surface area contributed by atoms with Crippen molar-refractivity contribution in [2.75, 3.05) is 19.0 Å². The van der Waals surface area contributed by atoms with E-state index < -0.39 is 11.9 Å². The van der Waals surface area contributed by atoms with E-state index in [0.717, 1.165) is 10.2 Å². The van der Waals surface area contributed by atoms with Crippen molar-refractivity contribution in [2.24, 2.45) is 0 Å². The molecule has 0 aliphatic heterocycles. The zero-order chi connectivity index (χ0) is 19.4. The molecule has 3 aromatic rings. The summed E-state index contributed by atoms with van der Waals surface area (Å²) in [5.41, 5.74) is 2.57. The van der Waals surface area contributed by atoms with E-state index in [1.54, 1.807) is 25.1 Å². The minimum atomic E-state index is -0.493. The Morgan fingerprint density at radius 2 is 1.96 bits per heavy atom. The van der Waals surface area contributed by atoms with E-state index >= 15 is 0 Å². The number of benzene rings is 2. The van der Waals surface area contributed by atoms with E-state index in [9.17, 15) is 9.59 Å². The number of esters is 2. The maximum Gasteiger partial charge on any atom is 0.341 e. The van der Waals surface area contributed by atoms with Gasteiger partial charge >= 0.3 is 11.9 Å². The molecular weight excluding hydrogens is 412 g/mol. The van der Waals surface area contributed by atoms with Crippen molar-refractivity contribution in [1.29, 1.82) is 0 Å². The van der Waals surface area contributed by atoms with Gasteiger partial charge in [-0.15, -0.1) is 0 Å². The molecule has 6 nitrogen and oxygen atoms in total. The number of carbonyl (C=O) groups excluding carboxylic acids is 2. The van der Waals surface area contributed by atoms with Crippen LogP contribution < -0.4 is 5.32 Å². The highest BCUT2D eigenvalue weighted by Crippen LogP contribution is 2.31. The van der Waals surface area contributed by atoms with Crippen molar-refractivity contribution < 1.29 is 19.1 Å². The number of methoxy groups -OCH3 is 1. The zero-order valence-corrected chi connectivity index (χ0v) is 16.4. The van der Waals surface area contributed by atoms with Gasteiger partial charge in [0.2, 0.25) is 0 Å². The molecule has 0 aliphatic rings. The number of fused-ring (bicyclic) bond motifs is 1. The second-order valence-electron chi connectivity index (χ2n) is 5.63. The first-order valence-electron chi connectivity index (χ1n) is 8.24. The number of aromatic nitrogens is 1. The largest absolute Gasteiger partial charge is 0.465 e. The van der Waals surface area contributed by atoms with Gasteiger partial charge in [0.1, 0.15) is 5.56 Å². The summed E-state index contributed by atoms with van der Waals surface area (Å²) in [6.45, 7) is 1.98. The lowest BCUT2D eigenvalue weighted by atomic mass is 10.1. The fraction of sp³-hybridized carbons (Fsp3) is 0.150. The van der Waals surface area contributed by atoms with E-state index in [1.165, 1.54) is 13.3 Å². The highest BCUT2D eigenvalue weighted by atomic mass is 79.9. The lowest BCUT2D eigenvalue weighted by molar-refractivity contribution is 0.0526. The Bertz CT molecular complexity index is 1020. The molecule has 3 rings (SSSR count). The third-order valence-corrected chi connectivity index (χ3v) is 4.37. The first kappa shape index (κ1) is 18.8. The number of halogens is 1. The van der Waals surface area contributed by atoms with E-state index in [2.05, 4.69) is 26.2 Å². The maximum absolute atomic E-state index is 12.4. The molecule has 0 aliphatic carbocycles. The smallest absolute Gasteiger partial charge is 0.341 e. The zero-order valence-electron chi connectivity index (χ0n) is 14.8. The monoisotopic (exact) mass is 428 g/mol. The number of nitrogens with zero attached hydrogens (tertiary/aromatic N) is 1. The van der Waals surface area contributed by atoms with E-state index in [1.807, 2.05) is 24.3 Å².